The van der Waals surface area contributed by atoms with Gasteiger partial charge in [0.1, 0.15) is 11.5 Å². The molecule has 0 saturated carbocycles. The highest BCUT2D eigenvalue weighted by Crippen LogP contribution is 2.27. The molecule has 6 heteroatoms. The van der Waals surface area contributed by atoms with Crippen molar-refractivity contribution < 1.29 is 24.3 Å². The Labute approximate surface area is 139 Å². The van der Waals surface area contributed by atoms with Crippen molar-refractivity contribution in [2.24, 2.45) is 0 Å². The maximum absolute atomic E-state index is 10.6. The van der Waals surface area contributed by atoms with Crippen LogP contribution in [0, 0.1) is 0 Å². The van der Waals surface area contributed by atoms with Crippen LogP contribution in [0.5, 0.6) is 11.5 Å². The molecule has 0 heterocycles. The van der Waals surface area contributed by atoms with Crippen molar-refractivity contribution >= 4 is 12.6 Å². The molecule has 23 heavy (non-hydrogen) atoms. The molecule has 0 fully saturated rings. The van der Waals surface area contributed by atoms with Gasteiger partial charge in [0.15, 0.2) is 0 Å². The second kappa shape index (κ2) is 8.04. The maximum Gasteiger partial charge on any atom is 0.499 e. The predicted molar refractivity (Wildman–Crippen MR) is 92.5 cm³/mol. The van der Waals surface area contributed by atoms with Crippen LogP contribution in [0.25, 0.3) is 0 Å². The fourth-order valence-electron chi connectivity index (χ4n) is 1.88. The van der Waals surface area contributed by atoms with E-state index in [0.29, 0.717) is 23.6 Å². The topological polar surface area (TPSA) is 68.2 Å². The van der Waals surface area contributed by atoms with E-state index in [1.54, 1.807) is 45.9 Å². The summed E-state index contributed by atoms with van der Waals surface area (Å²) in [6.45, 7) is 9.37. The van der Waals surface area contributed by atoms with E-state index >= 15 is 0 Å². The van der Waals surface area contributed by atoms with Gasteiger partial charge in [-0.15, -0.1) is 0 Å². The molecular formula is C17H29BO5. The Kier molecular flexibility index (Phi) is 6.92. The molecule has 0 atom stereocenters. The van der Waals surface area contributed by atoms with Crippen LogP contribution in [-0.2, 0) is 4.65 Å². The first-order valence-corrected chi connectivity index (χ1v) is 8.02. The Morgan fingerprint density at radius 2 is 1.74 bits per heavy atom. The number of hydrogen-bond donors (Lipinski definition) is 2. The first-order valence-electron chi connectivity index (χ1n) is 8.02. The van der Waals surface area contributed by atoms with Gasteiger partial charge < -0.3 is 24.3 Å². The van der Waals surface area contributed by atoms with Gasteiger partial charge in [0.2, 0.25) is 0 Å². The summed E-state index contributed by atoms with van der Waals surface area (Å²) in [5.41, 5.74) is -1.66. The van der Waals surface area contributed by atoms with Crippen LogP contribution in [-0.4, -0.2) is 42.2 Å². The lowest BCUT2D eigenvalue weighted by atomic mass is 9.75. The van der Waals surface area contributed by atoms with Crippen LogP contribution in [0.2, 0.25) is 0 Å². The van der Waals surface area contributed by atoms with Crippen molar-refractivity contribution in [3.05, 3.63) is 18.2 Å². The normalized spacial score (nSPS) is 12.2. The Balaban J connectivity index is 3.08. The number of benzene rings is 1. The molecule has 1 rings (SSSR count). The Bertz CT molecular complexity index is 496. The molecule has 0 spiro atoms. The third kappa shape index (κ3) is 5.13. The molecule has 0 bridgehead atoms. The molecule has 0 saturated heterocycles. The second-order valence-corrected chi connectivity index (χ2v) is 6.61. The summed E-state index contributed by atoms with van der Waals surface area (Å²) in [5.74, 6) is 1.01. The smallest absolute Gasteiger partial charge is 0.497 e. The fraction of sp³-hybridized carbons (Fsp3) is 0.647. The first kappa shape index (κ1) is 19.8. The van der Waals surface area contributed by atoms with E-state index in [1.807, 2.05) is 0 Å². The van der Waals surface area contributed by atoms with E-state index in [4.69, 9.17) is 14.1 Å². The van der Waals surface area contributed by atoms with Crippen LogP contribution in [0.4, 0.5) is 0 Å². The zero-order valence-electron chi connectivity index (χ0n) is 15.0. The summed E-state index contributed by atoms with van der Waals surface area (Å²) in [6.07, 6.45) is 1.94. The second-order valence-electron chi connectivity index (χ2n) is 6.61. The predicted octanol–water partition coefficient (Wildman–Crippen LogP) is 2.13. The van der Waals surface area contributed by atoms with Crippen LogP contribution in [0.3, 0.4) is 0 Å². The van der Waals surface area contributed by atoms with Crippen LogP contribution in [0.1, 0.15) is 47.5 Å². The quantitative estimate of drug-likeness (QED) is 0.538. The minimum absolute atomic E-state index is 0.434. The largest absolute Gasteiger partial charge is 0.499 e. The summed E-state index contributed by atoms with van der Waals surface area (Å²) < 4.78 is 16.8. The summed E-state index contributed by atoms with van der Waals surface area (Å²) in [7, 11) is 0.256. The van der Waals surface area contributed by atoms with Crippen molar-refractivity contribution in [3.63, 3.8) is 0 Å². The van der Waals surface area contributed by atoms with Crippen molar-refractivity contribution in [2.45, 2.75) is 58.7 Å². The number of ether oxygens (including phenoxy) is 2. The Hall–Kier alpha value is -1.24. The minimum Gasteiger partial charge on any atom is -0.497 e. The molecule has 1 aromatic carbocycles. The van der Waals surface area contributed by atoms with E-state index < -0.39 is 18.3 Å². The molecule has 1 aromatic rings. The van der Waals surface area contributed by atoms with Gasteiger partial charge in [0.05, 0.1) is 30.4 Å². The zero-order chi connectivity index (χ0) is 17.7. The van der Waals surface area contributed by atoms with E-state index in [0.717, 1.165) is 12.8 Å². The van der Waals surface area contributed by atoms with Gasteiger partial charge >= 0.3 is 7.12 Å². The average molecular weight is 324 g/mol. The van der Waals surface area contributed by atoms with Crippen LogP contribution >= 0.6 is 0 Å². The molecule has 0 radical (unpaired) electrons. The lowest BCUT2D eigenvalue weighted by molar-refractivity contribution is -0.0983. The number of aliphatic hydroxyl groups is 1. The highest BCUT2D eigenvalue weighted by Gasteiger charge is 2.41. The van der Waals surface area contributed by atoms with Gasteiger partial charge in [-0.1, -0.05) is 19.4 Å². The SMILES string of the molecule is CCCCOc1cccc(OC)c1B(O)OC(C)(C)C(C)(C)O. The number of rotatable bonds is 9. The van der Waals surface area contributed by atoms with Gasteiger partial charge in [-0.3, -0.25) is 0 Å². The van der Waals surface area contributed by atoms with Crippen molar-refractivity contribution in [2.75, 3.05) is 13.7 Å². The molecule has 130 valence electrons. The highest BCUT2D eigenvalue weighted by molar-refractivity contribution is 6.62. The number of unbranched alkanes of at least 4 members (excludes halogenated alkanes) is 1. The van der Waals surface area contributed by atoms with E-state index in [-0.39, 0.29) is 0 Å². The Morgan fingerprint density at radius 3 is 2.26 bits per heavy atom. The van der Waals surface area contributed by atoms with Crippen LogP contribution < -0.4 is 14.9 Å². The third-order valence-electron chi connectivity index (χ3n) is 4.13. The first-order chi connectivity index (χ1) is 10.6. The molecule has 0 aliphatic rings. The molecule has 0 amide bonds. The van der Waals surface area contributed by atoms with Crippen LogP contribution in [0.15, 0.2) is 18.2 Å². The fourth-order valence-corrected chi connectivity index (χ4v) is 1.88. The summed E-state index contributed by atoms with van der Waals surface area (Å²) in [5, 5.41) is 20.8. The van der Waals surface area contributed by atoms with E-state index in [2.05, 4.69) is 6.92 Å². The van der Waals surface area contributed by atoms with Gasteiger partial charge in [0.25, 0.3) is 0 Å². The summed E-state index contributed by atoms with van der Waals surface area (Å²) in [4.78, 5) is 0. The monoisotopic (exact) mass is 324 g/mol. The third-order valence-corrected chi connectivity index (χ3v) is 4.13. The molecular weight excluding hydrogens is 295 g/mol. The average Bonchev–Trinajstić information content (AvgIpc) is 2.45. The standard InChI is InChI=1S/C17H29BO5/c1-7-8-12-22-14-11-9-10-13(21-6)15(14)18(20)23-17(4,5)16(2,3)19/h9-11,19-20H,7-8,12H2,1-6H3. The molecule has 0 aromatic heterocycles. The zero-order valence-corrected chi connectivity index (χ0v) is 15.0. The molecule has 0 aliphatic carbocycles. The van der Waals surface area contributed by atoms with Gasteiger partial charge in [0, 0.05) is 0 Å². The molecule has 2 N–H and O–H groups in total. The van der Waals surface area contributed by atoms with E-state index in [1.165, 1.54) is 7.11 Å². The lowest BCUT2D eigenvalue weighted by Crippen LogP contribution is -2.53. The van der Waals surface area contributed by atoms with Crippen molar-refractivity contribution in [1.29, 1.82) is 0 Å². The van der Waals surface area contributed by atoms with Crippen molar-refractivity contribution in [3.8, 4) is 11.5 Å². The van der Waals surface area contributed by atoms with E-state index in [9.17, 15) is 10.1 Å². The molecule has 0 aliphatic heterocycles. The highest BCUT2D eigenvalue weighted by atomic mass is 16.6. The van der Waals surface area contributed by atoms with Gasteiger partial charge in [-0.25, -0.2) is 0 Å². The van der Waals surface area contributed by atoms with Crippen molar-refractivity contribution in [1.82, 2.24) is 0 Å². The van der Waals surface area contributed by atoms with Gasteiger partial charge in [-0.05, 0) is 46.2 Å². The van der Waals surface area contributed by atoms with Gasteiger partial charge in [-0.2, -0.15) is 0 Å². The molecule has 5 nitrogen and oxygen atoms in total. The Morgan fingerprint density at radius 1 is 1.13 bits per heavy atom. The molecule has 0 unspecified atom stereocenters. The lowest BCUT2D eigenvalue weighted by Gasteiger charge is -2.38. The minimum atomic E-state index is -1.27. The number of hydrogen-bond acceptors (Lipinski definition) is 5. The summed E-state index contributed by atoms with van der Waals surface area (Å²) in [6, 6.07) is 5.32. The maximum atomic E-state index is 10.6. The summed E-state index contributed by atoms with van der Waals surface area (Å²) >= 11 is 0. The number of methoxy groups -OCH3 is 1.